The highest BCUT2D eigenvalue weighted by molar-refractivity contribution is 9.09. The molecule has 3 heteroatoms. The van der Waals surface area contributed by atoms with Crippen molar-refractivity contribution in [2.45, 2.75) is 33.1 Å². The standard InChI is InChI=1S/C10H20BrNO/c1-9(2)5-6-10(13)12(3)8-4-7-11/h9H,4-8H2,1-3H3. The first kappa shape index (κ1) is 12.9. The summed E-state index contributed by atoms with van der Waals surface area (Å²) in [5, 5.41) is 0.967. The maximum Gasteiger partial charge on any atom is 0.222 e. The van der Waals surface area contributed by atoms with Gasteiger partial charge < -0.3 is 4.90 Å². The first-order valence-electron chi connectivity index (χ1n) is 4.87. The number of carbonyl (C=O) groups is 1. The molecule has 0 rings (SSSR count). The molecule has 2 nitrogen and oxygen atoms in total. The molecule has 0 N–H and O–H groups in total. The Hall–Kier alpha value is -0.0500. The van der Waals surface area contributed by atoms with Crippen molar-refractivity contribution in [1.82, 2.24) is 4.90 Å². The minimum atomic E-state index is 0.273. The van der Waals surface area contributed by atoms with E-state index in [1.54, 1.807) is 0 Å². The summed E-state index contributed by atoms with van der Waals surface area (Å²) in [6.45, 7) is 5.15. The number of nitrogens with zero attached hydrogens (tertiary/aromatic N) is 1. The number of halogens is 1. The van der Waals surface area contributed by atoms with Gasteiger partial charge in [-0.3, -0.25) is 4.79 Å². The predicted molar refractivity (Wildman–Crippen MR) is 60.1 cm³/mol. The molecule has 0 aliphatic heterocycles. The zero-order valence-corrected chi connectivity index (χ0v) is 10.4. The van der Waals surface area contributed by atoms with Crippen LogP contribution >= 0.6 is 15.9 Å². The number of amides is 1. The van der Waals surface area contributed by atoms with E-state index in [9.17, 15) is 4.79 Å². The minimum absolute atomic E-state index is 0.273. The number of hydrogen-bond donors (Lipinski definition) is 0. The van der Waals surface area contributed by atoms with E-state index in [0.717, 1.165) is 24.7 Å². The van der Waals surface area contributed by atoms with Gasteiger partial charge in [-0.2, -0.15) is 0 Å². The fraction of sp³-hybridized carbons (Fsp3) is 0.900. The largest absolute Gasteiger partial charge is 0.346 e. The second-order valence-electron chi connectivity index (χ2n) is 3.79. The van der Waals surface area contributed by atoms with E-state index >= 15 is 0 Å². The first-order valence-corrected chi connectivity index (χ1v) is 6.00. The summed E-state index contributed by atoms with van der Waals surface area (Å²) in [5.74, 6) is 0.892. The van der Waals surface area contributed by atoms with Crippen LogP contribution in [0.2, 0.25) is 0 Å². The monoisotopic (exact) mass is 249 g/mol. The predicted octanol–water partition coefficient (Wildman–Crippen LogP) is 2.67. The van der Waals surface area contributed by atoms with Gasteiger partial charge in [-0.25, -0.2) is 0 Å². The Balaban J connectivity index is 3.57. The number of alkyl halides is 1. The third-order valence-corrected chi connectivity index (χ3v) is 2.55. The molecule has 1 amide bonds. The number of rotatable bonds is 6. The third-order valence-electron chi connectivity index (χ3n) is 1.99. The Morgan fingerprint density at radius 2 is 2.08 bits per heavy atom. The van der Waals surface area contributed by atoms with Crippen LogP contribution in [-0.4, -0.2) is 29.7 Å². The fourth-order valence-electron chi connectivity index (χ4n) is 1.02. The van der Waals surface area contributed by atoms with Gasteiger partial charge in [-0.1, -0.05) is 29.8 Å². The Morgan fingerprint density at radius 3 is 2.54 bits per heavy atom. The molecule has 0 aliphatic carbocycles. The van der Waals surface area contributed by atoms with Crippen molar-refractivity contribution >= 4 is 21.8 Å². The topological polar surface area (TPSA) is 20.3 Å². The molecule has 0 bridgehead atoms. The van der Waals surface area contributed by atoms with Crippen LogP contribution in [0.3, 0.4) is 0 Å². The van der Waals surface area contributed by atoms with Gasteiger partial charge in [0.1, 0.15) is 0 Å². The molecular formula is C10H20BrNO. The highest BCUT2D eigenvalue weighted by atomic mass is 79.9. The van der Waals surface area contributed by atoms with Gasteiger partial charge in [0.25, 0.3) is 0 Å². The smallest absolute Gasteiger partial charge is 0.222 e. The van der Waals surface area contributed by atoms with Gasteiger partial charge in [0.15, 0.2) is 0 Å². The van der Waals surface area contributed by atoms with E-state index in [-0.39, 0.29) is 5.91 Å². The van der Waals surface area contributed by atoms with Crippen molar-refractivity contribution in [3.8, 4) is 0 Å². The lowest BCUT2D eigenvalue weighted by molar-refractivity contribution is -0.130. The van der Waals surface area contributed by atoms with E-state index in [2.05, 4.69) is 29.8 Å². The molecule has 13 heavy (non-hydrogen) atoms. The fourth-order valence-corrected chi connectivity index (χ4v) is 1.28. The summed E-state index contributed by atoms with van der Waals surface area (Å²) in [7, 11) is 1.88. The lowest BCUT2D eigenvalue weighted by Crippen LogP contribution is -2.27. The Morgan fingerprint density at radius 1 is 1.46 bits per heavy atom. The second kappa shape index (κ2) is 7.36. The zero-order chi connectivity index (χ0) is 10.3. The quantitative estimate of drug-likeness (QED) is 0.664. The number of hydrogen-bond acceptors (Lipinski definition) is 1. The molecule has 0 saturated carbocycles. The molecule has 0 saturated heterocycles. The maximum absolute atomic E-state index is 11.5. The van der Waals surface area contributed by atoms with Crippen molar-refractivity contribution < 1.29 is 4.79 Å². The molecule has 0 atom stereocenters. The molecule has 0 aromatic carbocycles. The van der Waals surface area contributed by atoms with Crippen molar-refractivity contribution in [2.75, 3.05) is 18.9 Å². The SMILES string of the molecule is CC(C)CCC(=O)N(C)CCCBr. The van der Waals surface area contributed by atoms with Gasteiger partial charge in [-0.15, -0.1) is 0 Å². The second-order valence-corrected chi connectivity index (χ2v) is 4.58. The van der Waals surface area contributed by atoms with E-state index < -0.39 is 0 Å². The van der Waals surface area contributed by atoms with Crippen LogP contribution in [0.25, 0.3) is 0 Å². The van der Waals surface area contributed by atoms with Gasteiger partial charge >= 0.3 is 0 Å². The van der Waals surface area contributed by atoms with Crippen molar-refractivity contribution in [2.24, 2.45) is 5.92 Å². The van der Waals surface area contributed by atoms with E-state index in [1.165, 1.54) is 0 Å². The number of carbonyl (C=O) groups excluding carboxylic acids is 1. The Kier molecular flexibility index (Phi) is 7.33. The molecular weight excluding hydrogens is 230 g/mol. The average molecular weight is 250 g/mol. The molecule has 78 valence electrons. The lowest BCUT2D eigenvalue weighted by Gasteiger charge is -2.16. The molecule has 0 radical (unpaired) electrons. The van der Waals surface area contributed by atoms with Crippen LogP contribution in [0.4, 0.5) is 0 Å². The molecule has 0 unspecified atom stereocenters. The van der Waals surface area contributed by atoms with Gasteiger partial charge in [0.2, 0.25) is 5.91 Å². The summed E-state index contributed by atoms with van der Waals surface area (Å²) >= 11 is 3.35. The van der Waals surface area contributed by atoms with Crippen LogP contribution in [0.1, 0.15) is 33.1 Å². The summed E-state index contributed by atoms with van der Waals surface area (Å²) in [6.07, 6.45) is 2.72. The minimum Gasteiger partial charge on any atom is -0.346 e. The molecule has 0 fully saturated rings. The van der Waals surface area contributed by atoms with E-state index in [0.29, 0.717) is 12.3 Å². The van der Waals surface area contributed by atoms with Crippen LogP contribution in [-0.2, 0) is 4.79 Å². The first-order chi connectivity index (χ1) is 6.07. The van der Waals surface area contributed by atoms with Crippen molar-refractivity contribution in [3.63, 3.8) is 0 Å². The van der Waals surface area contributed by atoms with Crippen LogP contribution in [0, 0.1) is 5.92 Å². The molecule has 0 aromatic heterocycles. The summed E-state index contributed by atoms with van der Waals surface area (Å²) in [6, 6.07) is 0. The molecule has 0 aliphatic rings. The van der Waals surface area contributed by atoms with Gasteiger partial charge in [-0.05, 0) is 18.8 Å². The Labute approximate surface area is 89.8 Å². The molecule has 0 spiro atoms. The van der Waals surface area contributed by atoms with Gasteiger partial charge in [0, 0.05) is 25.3 Å². The average Bonchev–Trinajstić information content (AvgIpc) is 2.10. The van der Waals surface area contributed by atoms with Crippen LogP contribution in [0.5, 0.6) is 0 Å². The van der Waals surface area contributed by atoms with Crippen molar-refractivity contribution in [3.05, 3.63) is 0 Å². The van der Waals surface area contributed by atoms with Crippen LogP contribution < -0.4 is 0 Å². The third kappa shape index (κ3) is 7.05. The van der Waals surface area contributed by atoms with Crippen molar-refractivity contribution in [1.29, 1.82) is 0 Å². The highest BCUT2D eigenvalue weighted by Crippen LogP contribution is 2.05. The molecule has 0 heterocycles. The highest BCUT2D eigenvalue weighted by Gasteiger charge is 2.08. The summed E-state index contributed by atoms with van der Waals surface area (Å²) < 4.78 is 0. The summed E-state index contributed by atoms with van der Waals surface area (Å²) in [4.78, 5) is 13.3. The maximum atomic E-state index is 11.5. The van der Waals surface area contributed by atoms with E-state index in [1.807, 2.05) is 11.9 Å². The molecule has 0 aromatic rings. The zero-order valence-electron chi connectivity index (χ0n) is 8.85. The van der Waals surface area contributed by atoms with Gasteiger partial charge in [0.05, 0.1) is 0 Å². The van der Waals surface area contributed by atoms with E-state index in [4.69, 9.17) is 0 Å². The van der Waals surface area contributed by atoms with Crippen LogP contribution in [0.15, 0.2) is 0 Å². The Bertz CT molecular complexity index is 148. The summed E-state index contributed by atoms with van der Waals surface area (Å²) in [5.41, 5.74) is 0. The lowest BCUT2D eigenvalue weighted by atomic mass is 10.1. The normalized spacial score (nSPS) is 10.5.